The highest BCUT2D eigenvalue weighted by molar-refractivity contribution is 14.0. The molecule has 0 radical (unpaired) electrons. The Balaban J connectivity index is 0.00000272. The summed E-state index contributed by atoms with van der Waals surface area (Å²) in [7, 11) is 1.78. The van der Waals surface area contributed by atoms with Crippen molar-refractivity contribution in [3.05, 3.63) is 65.5 Å². The third-order valence-corrected chi connectivity index (χ3v) is 5.29. The number of para-hydroxylation sites is 1. The van der Waals surface area contributed by atoms with Crippen LogP contribution in [0.4, 0.5) is 5.69 Å². The number of aromatic nitrogens is 2. The minimum atomic E-state index is 0. The largest absolute Gasteiger partial charge is 0.369 e. The average Bonchev–Trinajstić information content (AvgIpc) is 3.43. The summed E-state index contributed by atoms with van der Waals surface area (Å²) in [6.07, 6.45) is 1.68. The van der Waals surface area contributed by atoms with Gasteiger partial charge in [-0.2, -0.15) is 4.98 Å². The molecule has 0 spiro atoms. The minimum absolute atomic E-state index is 0. The van der Waals surface area contributed by atoms with Gasteiger partial charge in [-0.1, -0.05) is 47.1 Å². The van der Waals surface area contributed by atoms with Crippen LogP contribution in [-0.2, 0) is 6.42 Å². The quantitative estimate of drug-likeness (QED) is 0.274. The topological polar surface area (TPSA) is 78.6 Å². The van der Waals surface area contributed by atoms with Crippen molar-refractivity contribution in [2.75, 3.05) is 31.6 Å². The van der Waals surface area contributed by atoms with Gasteiger partial charge in [-0.3, -0.25) is 4.99 Å². The molecule has 0 amide bonds. The first-order valence-electron chi connectivity index (χ1n) is 10.1. The van der Waals surface area contributed by atoms with Gasteiger partial charge in [0.05, 0.1) is 0 Å². The lowest BCUT2D eigenvalue weighted by molar-refractivity contribution is 0.378. The fourth-order valence-corrected chi connectivity index (χ4v) is 3.72. The molecule has 1 fully saturated rings. The van der Waals surface area contributed by atoms with E-state index < -0.39 is 0 Å². The standard InChI is InChI=1S/C22H25ClN6O.HI/c1-24-22(26-18-11-13-29(15-18)19-8-3-2-4-9-19)25-12-10-20-27-21(28-30-20)16-6-5-7-17(23)14-16;/h2-9,14,18H,10-13,15H2,1H3,(H2,24,25,26);1H. The Labute approximate surface area is 204 Å². The molecule has 3 aromatic rings. The summed E-state index contributed by atoms with van der Waals surface area (Å²) in [5.74, 6) is 1.90. The first kappa shape index (κ1) is 23.3. The number of rotatable bonds is 6. The van der Waals surface area contributed by atoms with Crippen LogP contribution in [0, 0.1) is 0 Å². The number of nitrogens with zero attached hydrogens (tertiary/aromatic N) is 4. The van der Waals surface area contributed by atoms with Crippen LogP contribution in [0.15, 0.2) is 64.1 Å². The predicted molar refractivity (Wildman–Crippen MR) is 135 cm³/mol. The molecule has 4 rings (SSSR count). The monoisotopic (exact) mass is 552 g/mol. The van der Waals surface area contributed by atoms with E-state index >= 15 is 0 Å². The van der Waals surface area contributed by atoms with Crippen LogP contribution >= 0.6 is 35.6 Å². The van der Waals surface area contributed by atoms with E-state index in [0.717, 1.165) is 31.0 Å². The lowest BCUT2D eigenvalue weighted by atomic mass is 10.2. The van der Waals surface area contributed by atoms with E-state index in [4.69, 9.17) is 16.1 Å². The molecular weight excluding hydrogens is 527 g/mol. The first-order chi connectivity index (χ1) is 14.7. The van der Waals surface area contributed by atoms with Crippen molar-refractivity contribution < 1.29 is 4.52 Å². The molecule has 1 saturated heterocycles. The van der Waals surface area contributed by atoms with E-state index in [1.165, 1.54) is 5.69 Å². The van der Waals surface area contributed by atoms with E-state index in [2.05, 4.69) is 54.9 Å². The lowest BCUT2D eigenvalue weighted by Crippen LogP contribution is -2.45. The molecule has 31 heavy (non-hydrogen) atoms. The van der Waals surface area contributed by atoms with E-state index in [0.29, 0.717) is 35.7 Å². The molecule has 0 aliphatic carbocycles. The molecule has 1 atom stereocenters. The second-order valence-electron chi connectivity index (χ2n) is 7.18. The zero-order valence-electron chi connectivity index (χ0n) is 17.3. The number of guanidine groups is 1. The SMILES string of the molecule is CN=C(NCCc1nc(-c2cccc(Cl)c2)no1)NC1CCN(c2ccccc2)C1.I. The third-order valence-electron chi connectivity index (χ3n) is 5.06. The molecular formula is C22H26ClIN6O. The predicted octanol–water partition coefficient (Wildman–Crippen LogP) is 3.99. The van der Waals surface area contributed by atoms with Crippen molar-refractivity contribution in [3.8, 4) is 11.4 Å². The van der Waals surface area contributed by atoms with Crippen LogP contribution in [0.25, 0.3) is 11.4 Å². The summed E-state index contributed by atoms with van der Waals surface area (Å²) in [4.78, 5) is 11.2. The zero-order valence-corrected chi connectivity index (χ0v) is 20.4. The van der Waals surface area contributed by atoms with Gasteiger partial charge in [0.25, 0.3) is 0 Å². The van der Waals surface area contributed by atoms with E-state index in [1.54, 1.807) is 7.05 Å². The number of anilines is 1. The van der Waals surface area contributed by atoms with Gasteiger partial charge in [0.1, 0.15) is 0 Å². The smallest absolute Gasteiger partial charge is 0.228 e. The van der Waals surface area contributed by atoms with Crippen molar-refractivity contribution in [2.24, 2.45) is 4.99 Å². The molecule has 1 aliphatic rings. The zero-order chi connectivity index (χ0) is 20.8. The van der Waals surface area contributed by atoms with Crippen LogP contribution < -0.4 is 15.5 Å². The number of aliphatic imine (C=N–C) groups is 1. The first-order valence-corrected chi connectivity index (χ1v) is 10.4. The Morgan fingerprint density at radius 3 is 2.84 bits per heavy atom. The second kappa shape index (κ2) is 11.3. The van der Waals surface area contributed by atoms with Crippen LogP contribution in [0.1, 0.15) is 12.3 Å². The van der Waals surface area contributed by atoms with Crippen molar-refractivity contribution in [1.82, 2.24) is 20.8 Å². The molecule has 0 saturated carbocycles. The summed E-state index contributed by atoms with van der Waals surface area (Å²) in [5, 5.41) is 11.5. The van der Waals surface area contributed by atoms with Gasteiger partial charge < -0.3 is 20.1 Å². The molecule has 1 aromatic heterocycles. The molecule has 9 heteroatoms. The van der Waals surface area contributed by atoms with Crippen LogP contribution in [0.2, 0.25) is 5.02 Å². The third kappa shape index (κ3) is 6.33. The maximum Gasteiger partial charge on any atom is 0.228 e. The highest BCUT2D eigenvalue weighted by Gasteiger charge is 2.23. The van der Waals surface area contributed by atoms with Gasteiger partial charge >= 0.3 is 0 Å². The maximum atomic E-state index is 6.03. The summed E-state index contributed by atoms with van der Waals surface area (Å²) in [5.41, 5.74) is 2.10. The molecule has 1 unspecified atom stereocenters. The Hall–Kier alpha value is -2.33. The Kier molecular flexibility index (Phi) is 8.53. The molecule has 2 N–H and O–H groups in total. The molecule has 164 valence electrons. The molecule has 2 aromatic carbocycles. The summed E-state index contributed by atoms with van der Waals surface area (Å²) in [6.45, 7) is 2.64. The second-order valence-corrected chi connectivity index (χ2v) is 7.62. The molecule has 0 bridgehead atoms. The number of benzene rings is 2. The number of halogens is 2. The van der Waals surface area contributed by atoms with Gasteiger partial charge in [0, 0.05) is 55.4 Å². The highest BCUT2D eigenvalue weighted by Crippen LogP contribution is 2.20. The number of hydrogen-bond acceptors (Lipinski definition) is 5. The van der Waals surface area contributed by atoms with Crippen molar-refractivity contribution in [3.63, 3.8) is 0 Å². The lowest BCUT2D eigenvalue weighted by Gasteiger charge is -2.20. The highest BCUT2D eigenvalue weighted by atomic mass is 127. The molecule has 2 heterocycles. The Bertz CT molecular complexity index is 996. The van der Waals surface area contributed by atoms with Gasteiger partial charge in [-0.15, -0.1) is 24.0 Å². The van der Waals surface area contributed by atoms with E-state index in [9.17, 15) is 0 Å². The van der Waals surface area contributed by atoms with E-state index in [-0.39, 0.29) is 24.0 Å². The fraction of sp³-hybridized carbons (Fsp3) is 0.318. The fourth-order valence-electron chi connectivity index (χ4n) is 3.53. The van der Waals surface area contributed by atoms with Crippen molar-refractivity contribution in [2.45, 2.75) is 18.9 Å². The normalized spacial score (nSPS) is 16.1. The maximum absolute atomic E-state index is 6.03. The number of nitrogens with one attached hydrogen (secondary N) is 2. The van der Waals surface area contributed by atoms with E-state index in [1.807, 2.05) is 30.3 Å². The average molecular weight is 553 g/mol. The van der Waals surface area contributed by atoms with Crippen LogP contribution in [0.5, 0.6) is 0 Å². The van der Waals surface area contributed by atoms with Gasteiger partial charge in [0.15, 0.2) is 5.96 Å². The van der Waals surface area contributed by atoms with Crippen molar-refractivity contribution >= 4 is 47.2 Å². The van der Waals surface area contributed by atoms with Gasteiger partial charge in [0.2, 0.25) is 11.7 Å². The minimum Gasteiger partial charge on any atom is -0.369 e. The van der Waals surface area contributed by atoms with Crippen LogP contribution in [-0.4, -0.2) is 48.8 Å². The summed E-state index contributed by atoms with van der Waals surface area (Å²) >= 11 is 6.03. The summed E-state index contributed by atoms with van der Waals surface area (Å²) in [6, 6.07) is 18.3. The molecule has 7 nitrogen and oxygen atoms in total. The van der Waals surface area contributed by atoms with Crippen LogP contribution in [0.3, 0.4) is 0 Å². The molecule has 1 aliphatic heterocycles. The Morgan fingerprint density at radius 2 is 2.06 bits per heavy atom. The summed E-state index contributed by atoms with van der Waals surface area (Å²) < 4.78 is 5.36. The number of hydrogen-bond donors (Lipinski definition) is 2. The Morgan fingerprint density at radius 1 is 1.23 bits per heavy atom. The van der Waals surface area contributed by atoms with Crippen molar-refractivity contribution in [1.29, 1.82) is 0 Å². The van der Waals surface area contributed by atoms with Gasteiger partial charge in [-0.05, 0) is 30.7 Å². The van der Waals surface area contributed by atoms with Gasteiger partial charge in [-0.25, -0.2) is 0 Å².